The second-order valence-corrected chi connectivity index (χ2v) is 6.25. The molecule has 2 aromatic rings. The molecule has 138 valence electrons. The first-order chi connectivity index (χ1) is 12.5. The first kappa shape index (κ1) is 19.5. The Bertz CT molecular complexity index is 723. The van der Waals surface area contributed by atoms with Gasteiger partial charge >= 0.3 is 5.97 Å². The van der Waals surface area contributed by atoms with Crippen LogP contribution in [0.1, 0.15) is 30.0 Å². The molecule has 0 aliphatic carbocycles. The SMILES string of the molecule is CCc1ccc(CCC(=O)N(C)Cc2ccc(OCC(=O)O)cc2)cc1. The first-order valence-electron chi connectivity index (χ1n) is 8.73. The zero-order valence-electron chi connectivity index (χ0n) is 15.3. The van der Waals surface area contributed by atoms with Crippen molar-refractivity contribution in [2.45, 2.75) is 32.7 Å². The van der Waals surface area contributed by atoms with E-state index in [1.165, 1.54) is 11.1 Å². The Balaban J connectivity index is 1.81. The summed E-state index contributed by atoms with van der Waals surface area (Å²) in [4.78, 5) is 24.5. The number of ether oxygens (including phenoxy) is 1. The monoisotopic (exact) mass is 355 g/mol. The van der Waals surface area contributed by atoms with E-state index in [1.807, 2.05) is 12.1 Å². The summed E-state index contributed by atoms with van der Waals surface area (Å²) >= 11 is 0. The smallest absolute Gasteiger partial charge is 0.341 e. The van der Waals surface area contributed by atoms with Gasteiger partial charge in [-0.25, -0.2) is 4.79 Å². The van der Waals surface area contributed by atoms with Crippen LogP contribution in [0.4, 0.5) is 0 Å². The third-order valence-electron chi connectivity index (χ3n) is 4.19. The Morgan fingerprint density at radius 3 is 2.12 bits per heavy atom. The van der Waals surface area contributed by atoms with Crippen molar-refractivity contribution in [3.63, 3.8) is 0 Å². The summed E-state index contributed by atoms with van der Waals surface area (Å²) in [7, 11) is 1.79. The van der Waals surface area contributed by atoms with Crippen molar-refractivity contribution >= 4 is 11.9 Å². The van der Waals surface area contributed by atoms with E-state index in [0.29, 0.717) is 18.7 Å². The molecule has 0 radical (unpaired) electrons. The van der Waals surface area contributed by atoms with Crippen molar-refractivity contribution in [1.29, 1.82) is 0 Å². The van der Waals surface area contributed by atoms with Crippen LogP contribution in [0, 0.1) is 0 Å². The lowest BCUT2D eigenvalue weighted by molar-refractivity contribution is -0.139. The molecular weight excluding hydrogens is 330 g/mol. The molecule has 0 saturated heterocycles. The van der Waals surface area contributed by atoms with E-state index >= 15 is 0 Å². The minimum Gasteiger partial charge on any atom is -0.482 e. The van der Waals surface area contributed by atoms with E-state index in [-0.39, 0.29) is 12.5 Å². The molecule has 2 rings (SSSR count). The minimum atomic E-state index is -1.01. The third kappa shape index (κ3) is 6.24. The molecule has 0 bridgehead atoms. The number of benzene rings is 2. The highest BCUT2D eigenvalue weighted by molar-refractivity contribution is 5.76. The van der Waals surface area contributed by atoms with Gasteiger partial charge in [-0.15, -0.1) is 0 Å². The van der Waals surface area contributed by atoms with Crippen LogP contribution in [0.25, 0.3) is 0 Å². The van der Waals surface area contributed by atoms with Crippen molar-refractivity contribution in [3.05, 3.63) is 65.2 Å². The molecule has 1 N–H and O–H groups in total. The topological polar surface area (TPSA) is 66.8 Å². The zero-order valence-corrected chi connectivity index (χ0v) is 15.3. The van der Waals surface area contributed by atoms with Crippen molar-refractivity contribution in [2.75, 3.05) is 13.7 Å². The summed E-state index contributed by atoms with van der Waals surface area (Å²) in [5.41, 5.74) is 3.44. The van der Waals surface area contributed by atoms with Gasteiger partial charge < -0.3 is 14.7 Å². The number of carboxylic acids is 1. The van der Waals surface area contributed by atoms with E-state index in [2.05, 4.69) is 31.2 Å². The molecule has 0 atom stereocenters. The second-order valence-electron chi connectivity index (χ2n) is 6.25. The Kier molecular flexibility index (Phi) is 7.21. The van der Waals surface area contributed by atoms with Gasteiger partial charge in [0, 0.05) is 20.0 Å². The van der Waals surface area contributed by atoms with Crippen LogP contribution in [-0.2, 0) is 29.0 Å². The van der Waals surface area contributed by atoms with Gasteiger partial charge in [-0.3, -0.25) is 4.79 Å². The van der Waals surface area contributed by atoms with Crippen molar-refractivity contribution < 1.29 is 19.4 Å². The molecule has 0 heterocycles. The van der Waals surface area contributed by atoms with Crippen LogP contribution in [0.3, 0.4) is 0 Å². The average molecular weight is 355 g/mol. The lowest BCUT2D eigenvalue weighted by Crippen LogP contribution is -2.26. The van der Waals surface area contributed by atoms with Crippen molar-refractivity contribution in [2.24, 2.45) is 0 Å². The number of amides is 1. The summed E-state index contributed by atoms with van der Waals surface area (Å²) in [5.74, 6) is -0.417. The first-order valence-corrected chi connectivity index (χ1v) is 8.73. The predicted molar refractivity (Wildman–Crippen MR) is 100 cm³/mol. The molecule has 5 heteroatoms. The zero-order chi connectivity index (χ0) is 18.9. The Morgan fingerprint density at radius 1 is 0.962 bits per heavy atom. The average Bonchev–Trinajstić information content (AvgIpc) is 2.65. The molecule has 0 unspecified atom stereocenters. The van der Waals surface area contributed by atoms with E-state index in [1.54, 1.807) is 24.1 Å². The lowest BCUT2D eigenvalue weighted by atomic mass is 10.1. The van der Waals surface area contributed by atoms with Crippen LogP contribution in [0.5, 0.6) is 5.75 Å². The fourth-order valence-corrected chi connectivity index (χ4v) is 2.58. The van der Waals surface area contributed by atoms with Crippen LogP contribution in [-0.4, -0.2) is 35.5 Å². The molecule has 0 saturated carbocycles. The number of carbonyl (C=O) groups excluding carboxylic acids is 1. The summed E-state index contributed by atoms with van der Waals surface area (Å²) in [6.07, 6.45) is 2.22. The summed E-state index contributed by atoms with van der Waals surface area (Å²) in [6.45, 7) is 2.27. The summed E-state index contributed by atoms with van der Waals surface area (Å²) in [5, 5.41) is 8.60. The van der Waals surface area contributed by atoms with Gasteiger partial charge in [-0.2, -0.15) is 0 Å². The highest BCUT2D eigenvalue weighted by atomic mass is 16.5. The fourth-order valence-electron chi connectivity index (χ4n) is 2.58. The number of aliphatic carboxylic acids is 1. The van der Waals surface area contributed by atoms with Gasteiger partial charge in [0.15, 0.2) is 6.61 Å². The maximum absolute atomic E-state index is 12.3. The van der Waals surface area contributed by atoms with Crippen LogP contribution >= 0.6 is 0 Å². The number of carbonyl (C=O) groups is 2. The standard InChI is InChI=1S/C21H25NO4/c1-3-16-4-6-17(7-5-16)10-13-20(23)22(2)14-18-8-11-19(12-9-18)26-15-21(24)25/h4-9,11-12H,3,10,13-15H2,1-2H3,(H,24,25). The van der Waals surface area contributed by atoms with E-state index < -0.39 is 5.97 Å². The molecule has 0 fully saturated rings. The fraction of sp³-hybridized carbons (Fsp3) is 0.333. The maximum atomic E-state index is 12.3. The normalized spacial score (nSPS) is 10.4. The van der Waals surface area contributed by atoms with Crippen LogP contribution in [0.2, 0.25) is 0 Å². The van der Waals surface area contributed by atoms with E-state index in [4.69, 9.17) is 9.84 Å². The third-order valence-corrected chi connectivity index (χ3v) is 4.19. The van der Waals surface area contributed by atoms with Gasteiger partial charge in [0.25, 0.3) is 0 Å². The number of hydrogen-bond acceptors (Lipinski definition) is 3. The predicted octanol–water partition coefficient (Wildman–Crippen LogP) is 3.30. The maximum Gasteiger partial charge on any atom is 0.341 e. The molecule has 5 nitrogen and oxygen atoms in total. The minimum absolute atomic E-state index is 0.0933. The van der Waals surface area contributed by atoms with Gasteiger partial charge in [-0.1, -0.05) is 43.3 Å². The number of nitrogens with zero attached hydrogens (tertiary/aromatic N) is 1. The van der Waals surface area contributed by atoms with E-state index in [9.17, 15) is 9.59 Å². The number of carboxylic acid groups (broad SMARTS) is 1. The summed E-state index contributed by atoms with van der Waals surface area (Å²) in [6, 6.07) is 15.5. The number of aryl methyl sites for hydroxylation is 2. The van der Waals surface area contributed by atoms with Crippen molar-refractivity contribution in [3.8, 4) is 5.75 Å². The van der Waals surface area contributed by atoms with Gasteiger partial charge in [0.2, 0.25) is 5.91 Å². The van der Waals surface area contributed by atoms with Crippen LogP contribution < -0.4 is 4.74 Å². The molecule has 0 aliphatic rings. The van der Waals surface area contributed by atoms with Crippen molar-refractivity contribution in [1.82, 2.24) is 4.90 Å². The summed E-state index contributed by atoms with van der Waals surface area (Å²) < 4.78 is 5.10. The highest BCUT2D eigenvalue weighted by Crippen LogP contribution is 2.14. The Hall–Kier alpha value is -2.82. The molecule has 0 spiro atoms. The highest BCUT2D eigenvalue weighted by Gasteiger charge is 2.10. The largest absolute Gasteiger partial charge is 0.482 e. The molecule has 2 aromatic carbocycles. The molecule has 0 aliphatic heterocycles. The number of rotatable bonds is 9. The lowest BCUT2D eigenvalue weighted by Gasteiger charge is -2.17. The Morgan fingerprint density at radius 2 is 1.54 bits per heavy atom. The van der Waals surface area contributed by atoms with Gasteiger partial charge in [-0.05, 0) is 41.7 Å². The van der Waals surface area contributed by atoms with Crippen LogP contribution in [0.15, 0.2) is 48.5 Å². The molecule has 1 amide bonds. The molecular formula is C21H25NO4. The molecule has 26 heavy (non-hydrogen) atoms. The second kappa shape index (κ2) is 9.61. The number of hydrogen-bond donors (Lipinski definition) is 1. The quantitative estimate of drug-likeness (QED) is 0.749. The van der Waals surface area contributed by atoms with E-state index in [0.717, 1.165) is 18.4 Å². The van der Waals surface area contributed by atoms with Gasteiger partial charge in [0.05, 0.1) is 0 Å². The molecule has 0 aromatic heterocycles. The van der Waals surface area contributed by atoms with Gasteiger partial charge in [0.1, 0.15) is 5.75 Å². The Labute approximate surface area is 154 Å².